The minimum atomic E-state index is 0.0430. The Morgan fingerprint density at radius 2 is 1.76 bits per heavy atom. The summed E-state index contributed by atoms with van der Waals surface area (Å²) in [5.41, 5.74) is 3.01. The number of ketones is 1. The summed E-state index contributed by atoms with van der Waals surface area (Å²) in [6.07, 6.45) is 7.86. The van der Waals surface area contributed by atoms with E-state index in [1.807, 2.05) is 48.1 Å². The molecule has 5 heteroatoms. The van der Waals surface area contributed by atoms with Crippen molar-refractivity contribution >= 4 is 39.9 Å². The maximum Gasteiger partial charge on any atom is 0.187 e. The zero-order valence-corrected chi connectivity index (χ0v) is 18.0. The van der Waals surface area contributed by atoms with E-state index in [2.05, 4.69) is 23.1 Å². The highest BCUT2D eigenvalue weighted by Gasteiger charge is 2.18. The number of carbonyl (C=O) groups is 1. The molecule has 1 aromatic heterocycles. The van der Waals surface area contributed by atoms with Crippen LogP contribution in [0.3, 0.4) is 0 Å². The number of allylic oxidation sites excluding steroid dienone is 2. The number of aryl methyl sites for hydroxylation is 1. The maximum absolute atomic E-state index is 12.8. The van der Waals surface area contributed by atoms with E-state index in [0.717, 1.165) is 48.4 Å². The number of piperidine rings is 1. The number of halogens is 2. The molecule has 1 aliphatic rings. The molecule has 3 nitrogen and oxygen atoms in total. The number of hydrogen-bond donors (Lipinski definition) is 0. The summed E-state index contributed by atoms with van der Waals surface area (Å²) in [4.78, 5) is 15.3. The quantitative estimate of drug-likeness (QED) is 0.361. The van der Waals surface area contributed by atoms with Gasteiger partial charge >= 0.3 is 0 Å². The van der Waals surface area contributed by atoms with E-state index in [-0.39, 0.29) is 5.78 Å². The van der Waals surface area contributed by atoms with Crippen molar-refractivity contribution in [3.8, 4) is 0 Å². The van der Waals surface area contributed by atoms with Crippen LogP contribution in [0, 0.1) is 5.92 Å². The molecule has 4 rings (SSSR count). The highest BCUT2D eigenvalue weighted by molar-refractivity contribution is 6.31. The molecule has 0 aliphatic carbocycles. The van der Waals surface area contributed by atoms with Gasteiger partial charge in [-0.2, -0.15) is 0 Å². The largest absolute Gasteiger partial charge is 0.350 e. The van der Waals surface area contributed by atoms with Gasteiger partial charge in [0.1, 0.15) is 0 Å². The molecule has 150 valence electrons. The van der Waals surface area contributed by atoms with Gasteiger partial charge in [-0.1, -0.05) is 41.4 Å². The molecule has 0 unspecified atom stereocenters. The summed E-state index contributed by atoms with van der Waals surface area (Å²) in [7, 11) is 1.95. The molecule has 0 atom stereocenters. The molecule has 0 bridgehead atoms. The monoisotopic (exact) mass is 426 g/mol. The topological polar surface area (TPSA) is 25.2 Å². The number of hydrogen-bond acceptors (Lipinski definition) is 2. The van der Waals surface area contributed by atoms with E-state index >= 15 is 0 Å². The number of nitrogens with zero attached hydrogens (tertiary/aromatic N) is 2. The SMILES string of the molecule is Cn1cc(C(=O)/C=C/C2CCN(Cc3ccc(Cl)cc3)CC2)c2cc(Cl)ccc21. The van der Waals surface area contributed by atoms with Gasteiger partial charge in [0.15, 0.2) is 5.78 Å². The number of fused-ring (bicyclic) bond motifs is 1. The van der Waals surface area contributed by atoms with Crippen LogP contribution in [0.2, 0.25) is 10.0 Å². The van der Waals surface area contributed by atoms with Gasteiger partial charge in [-0.05, 0) is 73.8 Å². The van der Waals surface area contributed by atoms with Gasteiger partial charge in [-0.3, -0.25) is 9.69 Å². The van der Waals surface area contributed by atoms with Gasteiger partial charge in [-0.15, -0.1) is 0 Å². The zero-order chi connectivity index (χ0) is 20.4. The number of aromatic nitrogens is 1. The van der Waals surface area contributed by atoms with Crippen molar-refractivity contribution in [2.45, 2.75) is 19.4 Å². The molecule has 0 saturated carbocycles. The zero-order valence-electron chi connectivity index (χ0n) is 16.4. The van der Waals surface area contributed by atoms with Crippen LogP contribution in [0.1, 0.15) is 28.8 Å². The van der Waals surface area contributed by atoms with Crippen molar-refractivity contribution in [1.82, 2.24) is 9.47 Å². The van der Waals surface area contributed by atoms with Crippen LogP contribution in [0.5, 0.6) is 0 Å². The fourth-order valence-corrected chi connectivity index (χ4v) is 4.32. The first-order chi connectivity index (χ1) is 14.0. The van der Waals surface area contributed by atoms with Crippen molar-refractivity contribution in [2.75, 3.05) is 13.1 Å². The van der Waals surface area contributed by atoms with Crippen molar-refractivity contribution in [2.24, 2.45) is 13.0 Å². The maximum atomic E-state index is 12.8. The van der Waals surface area contributed by atoms with Crippen LogP contribution in [-0.4, -0.2) is 28.3 Å². The molecule has 3 aromatic rings. The van der Waals surface area contributed by atoms with E-state index in [1.165, 1.54) is 5.56 Å². The molecule has 0 radical (unpaired) electrons. The third-order valence-electron chi connectivity index (χ3n) is 5.69. The second-order valence-corrected chi connectivity index (χ2v) is 8.65. The Kier molecular flexibility index (Phi) is 6.09. The summed E-state index contributed by atoms with van der Waals surface area (Å²) in [5.74, 6) is 0.487. The first-order valence-corrected chi connectivity index (χ1v) is 10.7. The molecule has 0 amide bonds. The smallest absolute Gasteiger partial charge is 0.187 e. The average Bonchev–Trinajstić information content (AvgIpc) is 3.05. The third kappa shape index (κ3) is 4.75. The van der Waals surface area contributed by atoms with Gasteiger partial charge in [0.25, 0.3) is 0 Å². The Balaban J connectivity index is 1.36. The Hall–Kier alpha value is -2.07. The number of likely N-dealkylation sites (tertiary alicyclic amines) is 1. The van der Waals surface area contributed by atoms with Gasteiger partial charge in [0, 0.05) is 46.3 Å². The van der Waals surface area contributed by atoms with Crippen LogP contribution in [0.4, 0.5) is 0 Å². The van der Waals surface area contributed by atoms with Crippen LogP contribution < -0.4 is 0 Å². The Morgan fingerprint density at radius 3 is 2.48 bits per heavy atom. The normalized spacial score (nSPS) is 16.1. The standard InChI is InChI=1S/C24H24Cl2N2O/c1-27-16-22(21-14-20(26)7-8-23(21)27)24(29)9-4-17-10-12-28(13-11-17)15-18-2-5-19(25)6-3-18/h2-9,14,16-17H,10-13,15H2,1H3/b9-4+. The summed E-state index contributed by atoms with van der Waals surface area (Å²) in [6.45, 7) is 3.02. The van der Waals surface area contributed by atoms with Crippen LogP contribution >= 0.6 is 23.2 Å². The Morgan fingerprint density at radius 1 is 1.07 bits per heavy atom. The second kappa shape index (κ2) is 8.74. The van der Waals surface area contributed by atoms with E-state index in [9.17, 15) is 4.79 Å². The lowest BCUT2D eigenvalue weighted by Gasteiger charge is -2.30. The van der Waals surface area contributed by atoms with Crippen molar-refractivity contribution < 1.29 is 4.79 Å². The van der Waals surface area contributed by atoms with Crippen LogP contribution in [-0.2, 0) is 13.6 Å². The molecule has 1 aliphatic heterocycles. The molecule has 1 saturated heterocycles. The Labute approximate surface area is 181 Å². The highest BCUT2D eigenvalue weighted by atomic mass is 35.5. The summed E-state index contributed by atoms with van der Waals surface area (Å²) in [5, 5.41) is 2.33. The molecular formula is C24H24Cl2N2O. The third-order valence-corrected chi connectivity index (χ3v) is 6.18. The lowest BCUT2D eigenvalue weighted by molar-refractivity contribution is 0.104. The minimum absolute atomic E-state index is 0.0430. The number of benzene rings is 2. The predicted octanol–water partition coefficient (Wildman–Crippen LogP) is 6.14. The molecule has 1 fully saturated rings. The fourth-order valence-electron chi connectivity index (χ4n) is 4.03. The van der Waals surface area contributed by atoms with Gasteiger partial charge in [-0.25, -0.2) is 0 Å². The van der Waals surface area contributed by atoms with Crippen molar-refractivity contribution in [3.63, 3.8) is 0 Å². The van der Waals surface area contributed by atoms with Crippen LogP contribution in [0.15, 0.2) is 60.8 Å². The number of carbonyl (C=O) groups excluding carboxylic acids is 1. The minimum Gasteiger partial charge on any atom is -0.350 e. The average molecular weight is 427 g/mol. The molecule has 0 N–H and O–H groups in total. The first kappa shape index (κ1) is 20.2. The summed E-state index contributed by atoms with van der Waals surface area (Å²) < 4.78 is 1.97. The lowest BCUT2D eigenvalue weighted by atomic mass is 9.95. The van der Waals surface area contributed by atoms with Crippen molar-refractivity contribution in [3.05, 3.63) is 82.0 Å². The van der Waals surface area contributed by atoms with Crippen molar-refractivity contribution in [1.29, 1.82) is 0 Å². The van der Waals surface area contributed by atoms with Gasteiger partial charge in [0.05, 0.1) is 0 Å². The van der Waals surface area contributed by atoms with E-state index in [4.69, 9.17) is 23.2 Å². The molecular weight excluding hydrogens is 403 g/mol. The highest BCUT2D eigenvalue weighted by Crippen LogP contribution is 2.26. The van der Waals surface area contributed by atoms with Crippen LogP contribution in [0.25, 0.3) is 10.9 Å². The second-order valence-electron chi connectivity index (χ2n) is 7.78. The van der Waals surface area contributed by atoms with E-state index in [0.29, 0.717) is 16.5 Å². The molecule has 0 spiro atoms. The summed E-state index contributed by atoms with van der Waals surface area (Å²) in [6, 6.07) is 13.7. The lowest BCUT2D eigenvalue weighted by Crippen LogP contribution is -2.32. The van der Waals surface area contributed by atoms with E-state index < -0.39 is 0 Å². The van der Waals surface area contributed by atoms with E-state index in [1.54, 1.807) is 6.08 Å². The molecule has 2 heterocycles. The fraction of sp³-hybridized carbons (Fsp3) is 0.292. The molecule has 2 aromatic carbocycles. The Bertz CT molecular complexity index is 1040. The first-order valence-electron chi connectivity index (χ1n) is 9.93. The summed E-state index contributed by atoms with van der Waals surface area (Å²) >= 11 is 12.1. The van der Waals surface area contributed by atoms with Gasteiger partial charge in [0.2, 0.25) is 0 Å². The molecule has 29 heavy (non-hydrogen) atoms. The van der Waals surface area contributed by atoms with Gasteiger partial charge < -0.3 is 4.57 Å². The predicted molar refractivity (Wildman–Crippen MR) is 121 cm³/mol. The number of rotatable bonds is 5.